The second kappa shape index (κ2) is 4.71. The number of nitrogens with zero attached hydrogens (tertiary/aromatic N) is 3. The van der Waals surface area contributed by atoms with Crippen molar-refractivity contribution >= 4 is 17.5 Å². The molecule has 12 heavy (non-hydrogen) atoms. The van der Waals surface area contributed by atoms with E-state index in [1.165, 1.54) is 17.3 Å². The molecule has 0 radical (unpaired) electrons. The number of halogens is 1. The Balaban J connectivity index is 2.27. The fourth-order valence-corrected chi connectivity index (χ4v) is 0.819. The molecule has 0 aliphatic rings. The van der Waals surface area contributed by atoms with Crippen molar-refractivity contribution in [2.45, 2.75) is 12.8 Å². The Kier molecular flexibility index (Phi) is 3.53. The van der Waals surface area contributed by atoms with E-state index in [9.17, 15) is 4.79 Å². The lowest BCUT2D eigenvalue weighted by Crippen LogP contribution is -2.21. The first-order chi connectivity index (χ1) is 5.83. The molecule has 0 saturated carbocycles. The van der Waals surface area contributed by atoms with Crippen molar-refractivity contribution in [1.82, 2.24) is 14.9 Å². The molecule has 0 saturated heterocycles. The average molecular weight is 189 g/mol. The lowest BCUT2D eigenvalue weighted by Gasteiger charge is -2.02. The number of aromatic nitrogens is 3. The highest BCUT2D eigenvalue weighted by atomic mass is 35.5. The maximum atomic E-state index is 11.0. The van der Waals surface area contributed by atoms with Crippen LogP contribution < -0.4 is 5.43 Å². The second-order valence-corrected chi connectivity index (χ2v) is 2.57. The van der Waals surface area contributed by atoms with Gasteiger partial charge in [0.15, 0.2) is 0 Å². The van der Waals surface area contributed by atoms with Gasteiger partial charge in [-0.3, -0.25) is 10.2 Å². The van der Waals surface area contributed by atoms with Gasteiger partial charge < -0.3 is 0 Å². The molecule has 5 nitrogen and oxygen atoms in total. The minimum atomic E-state index is -0.0875. The molecule has 0 spiro atoms. The Morgan fingerprint density at radius 3 is 2.75 bits per heavy atom. The van der Waals surface area contributed by atoms with Gasteiger partial charge >= 0.3 is 0 Å². The minimum Gasteiger partial charge on any atom is -0.273 e. The molecule has 1 heterocycles. The molecule has 0 atom stereocenters. The molecule has 0 aliphatic carbocycles. The van der Waals surface area contributed by atoms with Crippen LogP contribution in [0.15, 0.2) is 12.7 Å². The van der Waals surface area contributed by atoms with Crippen molar-refractivity contribution < 1.29 is 4.79 Å². The van der Waals surface area contributed by atoms with Crippen molar-refractivity contribution in [3.8, 4) is 0 Å². The van der Waals surface area contributed by atoms with Crippen molar-refractivity contribution in [3.63, 3.8) is 0 Å². The molecule has 1 amide bonds. The van der Waals surface area contributed by atoms with Crippen LogP contribution in [0.1, 0.15) is 12.8 Å². The van der Waals surface area contributed by atoms with Gasteiger partial charge in [-0.2, -0.15) is 0 Å². The SMILES string of the molecule is O=C(CCCCl)Nn1cnnc1. The molecule has 0 bridgehead atoms. The van der Waals surface area contributed by atoms with E-state index >= 15 is 0 Å². The zero-order chi connectivity index (χ0) is 8.81. The summed E-state index contributed by atoms with van der Waals surface area (Å²) in [7, 11) is 0. The molecule has 0 unspecified atom stereocenters. The van der Waals surface area contributed by atoms with E-state index in [1.54, 1.807) is 0 Å². The lowest BCUT2D eigenvalue weighted by atomic mass is 10.3. The molecule has 66 valence electrons. The Labute approximate surface area is 74.7 Å². The fourth-order valence-electron chi connectivity index (χ4n) is 0.686. The van der Waals surface area contributed by atoms with Crippen LogP contribution in [-0.2, 0) is 4.79 Å². The Bertz CT molecular complexity index is 236. The molecule has 0 fully saturated rings. The number of nitrogens with one attached hydrogen (secondary N) is 1. The number of hydrogen-bond donors (Lipinski definition) is 1. The quantitative estimate of drug-likeness (QED) is 0.695. The fraction of sp³-hybridized carbons (Fsp3) is 0.500. The Hall–Kier alpha value is -1.10. The molecular formula is C6H9ClN4O. The first kappa shape index (κ1) is 8.99. The summed E-state index contributed by atoms with van der Waals surface area (Å²) in [5, 5.41) is 7.06. The normalized spacial score (nSPS) is 9.75. The van der Waals surface area contributed by atoms with E-state index in [0.717, 1.165) is 0 Å². The predicted molar refractivity (Wildman–Crippen MR) is 44.3 cm³/mol. The number of rotatable bonds is 4. The second-order valence-electron chi connectivity index (χ2n) is 2.20. The van der Waals surface area contributed by atoms with E-state index in [-0.39, 0.29) is 5.91 Å². The number of carbonyl (C=O) groups is 1. The topological polar surface area (TPSA) is 59.8 Å². The summed E-state index contributed by atoms with van der Waals surface area (Å²) in [6, 6.07) is 0. The highest BCUT2D eigenvalue weighted by Gasteiger charge is 1.99. The summed E-state index contributed by atoms with van der Waals surface area (Å²) in [5.41, 5.74) is 2.55. The predicted octanol–water partition coefficient (Wildman–Crippen LogP) is 0.367. The Morgan fingerprint density at radius 2 is 2.17 bits per heavy atom. The van der Waals surface area contributed by atoms with Crippen LogP contribution in [0.25, 0.3) is 0 Å². The van der Waals surface area contributed by atoms with Crippen LogP contribution in [0.2, 0.25) is 0 Å². The van der Waals surface area contributed by atoms with Gasteiger partial charge in [0, 0.05) is 12.3 Å². The molecule has 0 aliphatic heterocycles. The number of hydrogen-bond acceptors (Lipinski definition) is 3. The standard InChI is InChI=1S/C6H9ClN4O/c7-3-1-2-6(12)10-11-4-8-9-5-11/h4-5H,1-3H2,(H,10,12). The molecular weight excluding hydrogens is 180 g/mol. The van der Waals surface area contributed by atoms with Gasteiger partial charge in [0.1, 0.15) is 12.7 Å². The van der Waals surface area contributed by atoms with Gasteiger partial charge in [0.05, 0.1) is 0 Å². The van der Waals surface area contributed by atoms with E-state index in [2.05, 4.69) is 15.6 Å². The summed E-state index contributed by atoms with van der Waals surface area (Å²) in [5.74, 6) is 0.408. The van der Waals surface area contributed by atoms with Gasteiger partial charge in [-0.15, -0.1) is 21.8 Å². The zero-order valence-corrected chi connectivity index (χ0v) is 7.16. The van der Waals surface area contributed by atoms with E-state index in [0.29, 0.717) is 18.7 Å². The van der Waals surface area contributed by atoms with Gasteiger partial charge in [0.25, 0.3) is 0 Å². The average Bonchev–Trinajstić information content (AvgIpc) is 2.53. The van der Waals surface area contributed by atoms with Crippen LogP contribution >= 0.6 is 11.6 Å². The minimum absolute atomic E-state index is 0.0875. The van der Waals surface area contributed by atoms with Crippen LogP contribution in [0, 0.1) is 0 Å². The highest BCUT2D eigenvalue weighted by Crippen LogP contribution is 1.92. The Morgan fingerprint density at radius 1 is 1.50 bits per heavy atom. The molecule has 1 rings (SSSR count). The molecule has 1 N–H and O–H groups in total. The van der Waals surface area contributed by atoms with Crippen molar-refractivity contribution in [3.05, 3.63) is 12.7 Å². The van der Waals surface area contributed by atoms with Crippen molar-refractivity contribution in [1.29, 1.82) is 0 Å². The third-order valence-corrected chi connectivity index (χ3v) is 1.48. The third-order valence-electron chi connectivity index (χ3n) is 1.21. The van der Waals surface area contributed by atoms with E-state index < -0.39 is 0 Å². The summed E-state index contributed by atoms with van der Waals surface area (Å²) >= 11 is 5.42. The summed E-state index contributed by atoms with van der Waals surface area (Å²) in [6.45, 7) is 0. The molecule has 0 aromatic carbocycles. The number of alkyl halides is 1. The lowest BCUT2D eigenvalue weighted by molar-refractivity contribution is -0.117. The molecule has 1 aromatic heterocycles. The van der Waals surface area contributed by atoms with Crippen LogP contribution in [0.3, 0.4) is 0 Å². The van der Waals surface area contributed by atoms with Crippen LogP contribution in [-0.4, -0.2) is 26.7 Å². The largest absolute Gasteiger partial charge is 0.273 e. The smallest absolute Gasteiger partial charge is 0.238 e. The van der Waals surface area contributed by atoms with Gasteiger partial charge in [-0.05, 0) is 6.42 Å². The molecule has 6 heteroatoms. The van der Waals surface area contributed by atoms with E-state index in [1.807, 2.05) is 0 Å². The zero-order valence-electron chi connectivity index (χ0n) is 6.40. The van der Waals surface area contributed by atoms with Crippen LogP contribution in [0.5, 0.6) is 0 Å². The third kappa shape index (κ3) is 2.87. The van der Waals surface area contributed by atoms with Crippen LogP contribution in [0.4, 0.5) is 0 Å². The van der Waals surface area contributed by atoms with Gasteiger partial charge in [0.2, 0.25) is 5.91 Å². The van der Waals surface area contributed by atoms with Gasteiger partial charge in [-0.1, -0.05) is 0 Å². The summed E-state index contributed by atoms with van der Waals surface area (Å²) in [4.78, 5) is 11.0. The summed E-state index contributed by atoms with van der Waals surface area (Å²) < 4.78 is 1.40. The van der Waals surface area contributed by atoms with Crippen molar-refractivity contribution in [2.75, 3.05) is 11.3 Å². The maximum Gasteiger partial charge on any atom is 0.238 e. The highest BCUT2D eigenvalue weighted by molar-refractivity contribution is 6.17. The number of amides is 1. The summed E-state index contributed by atoms with van der Waals surface area (Å²) in [6.07, 6.45) is 3.92. The first-order valence-electron chi connectivity index (χ1n) is 3.53. The van der Waals surface area contributed by atoms with E-state index in [4.69, 9.17) is 11.6 Å². The van der Waals surface area contributed by atoms with Gasteiger partial charge in [-0.25, -0.2) is 4.68 Å². The monoisotopic (exact) mass is 188 g/mol. The first-order valence-corrected chi connectivity index (χ1v) is 4.07. The molecule has 1 aromatic rings. The van der Waals surface area contributed by atoms with Crippen molar-refractivity contribution in [2.24, 2.45) is 0 Å². The number of carbonyl (C=O) groups excluding carboxylic acids is 1. The maximum absolute atomic E-state index is 11.0.